The number of thiocarbonyl (C=S) groups is 1. The summed E-state index contributed by atoms with van der Waals surface area (Å²) in [5.41, 5.74) is 0.820. The summed E-state index contributed by atoms with van der Waals surface area (Å²) in [5, 5.41) is 0. The summed E-state index contributed by atoms with van der Waals surface area (Å²) in [7, 11) is 0. The van der Waals surface area contributed by atoms with Gasteiger partial charge in [-0.25, -0.2) is 4.98 Å². The Labute approximate surface area is 183 Å². The van der Waals surface area contributed by atoms with Crippen LogP contribution in [-0.2, 0) is 9.53 Å². The molecule has 3 aliphatic rings. The van der Waals surface area contributed by atoms with Crippen LogP contribution in [0.25, 0.3) is 11.7 Å². The molecule has 5 rings (SSSR count). The van der Waals surface area contributed by atoms with Gasteiger partial charge in [0.25, 0.3) is 11.5 Å². The summed E-state index contributed by atoms with van der Waals surface area (Å²) < 4.78 is 7.57. The highest BCUT2D eigenvalue weighted by molar-refractivity contribution is 8.26. The summed E-state index contributed by atoms with van der Waals surface area (Å²) >= 11 is 6.80. The van der Waals surface area contributed by atoms with Crippen molar-refractivity contribution in [2.75, 3.05) is 31.2 Å². The first-order valence-electron chi connectivity index (χ1n) is 10.2. The van der Waals surface area contributed by atoms with Gasteiger partial charge in [0.05, 0.1) is 23.7 Å². The molecule has 4 heterocycles. The lowest BCUT2D eigenvalue weighted by Crippen LogP contribution is -2.39. The molecule has 0 aromatic carbocycles. The minimum absolute atomic E-state index is 0.0950. The van der Waals surface area contributed by atoms with Crippen LogP contribution in [0, 0.1) is 0 Å². The fraction of sp³-hybridized carbons (Fsp3) is 0.429. The largest absolute Gasteiger partial charge is 0.378 e. The van der Waals surface area contributed by atoms with Crippen LogP contribution in [0.15, 0.2) is 34.1 Å². The van der Waals surface area contributed by atoms with Gasteiger partial charge in [0, 0.05) is 25.3 Å². The number of fused-ring (bicyclic) bond motifs is 1. The molecule has 0 bridgehead atoms. The number of hydrogen-bond donors (Lipinski definition) is 0. The maximum absolute atomic E-state index is 13.4. The molecule has 0 N–H and O–H groups in total. The summed E-state index contributed by atoms with van der Waals surface area (Å²) in [5.74, 6) is 0.503. The Morgan fingerprint density at radius 2 is 1.93 bits per heavy atom. The zero-order valence-corrected chi connectivity index (χ0v) is 18.1. The molecule has 2 aromatic heterocycles. The van der Waals surface area contributed by atoms with Gasteiger partial charge in [0.1, 0.15) is 15.8 Å². The quantitative estimate of drug-likeness (QED) is 0.535. The van der Waals surface area contributed by atoms with Gasteiger partial charge in [-0.1, -0.05) is 42.9 Å². The molecular formula is C21H22N4O3S2. The van der Waals surface area contributed by atoms with E-state index in [0.29, 0.717) is 52.6 Å². The van der Waals surface area contributed by atoms with Crippen molar-refractivity contribution in [1.29, 1.82) is 0 Å². The van der Waals surface area contributed by atoms with E-state index in [-0.39, 0.29) is 17.5 Å². The lowest BCUT2D eigenvalue weighted by atomic mass is 10.2. The molecule has 1 saturated carbocycles. The number of rotatable bonds is 3. The van der Waals surface area contributed by atoms with E-state index in [9.17, 15) is 9.59 Å². The first kappa shape index (κ1) is 19.7. The summed E-state index contributed by atoms with van der Waals surface area (Å²) in [6, 6.07) is 5.65. The fourth-order valence-electron chi connectivity index (χ4n) is 4.32. The molecule has 0 radical (unpaired) electrons. The maximum atomic E-state index is 13.4. The molecule has 0 unspecified atom stereocenters. The number of ether oxygens (including phenoxy) is 1. The number of pyridine rings is 1. The van der Waals surface area contributed by atoms with Crippen LogP contribution in [0.1, 0.15) is 31.2 Å². The summed E-state index contributed by atoms with van der Waals surface area (Å²) in [6.07, 6.45) is 7.61. The maximum Gasteiger partial charge on any atom is 0.267 e. The number of anilines is 1. The number of morpholine rings is 1. The molecule has 2 aliphatic heterocycles. The van der Waals surface area contributed by atoms with Crippen molar-refractivity contribution in [3.8, 4) is 0 Å². The van der Waals surface area contributed by atoms with Gasteiger partial charge >= 0.3 is 0 Å². The average molecular weight is 443 g/mol. The summed E-state index contributed by atoms with van der Waals surface area (Å²) in [6.45, 7) is 2.47. The van der Waals surface area contributed by atoms with E-state index in [4.69, 9.17) is 21.9 Å². The van der Waals surface area contributed by atoms with Crippen molar-refractivity contribution in [1.82, 2.24) is 14.3 Å². The second kappa shape index (κ2) is 8.13. The first-order valence-corrected chi connectivity index (χ1v) is 11.5. The molecule has 1 aliphatic carbocycles. The van der Waals surface area contributed by atoms with E-state index in [0.717, 1.165) is 25.7 Å². The van der Waals surface area contributed by atoms with Crippen LogP contribution in [0.5, 0.6) is 0 Å². The van der Waals surface area contributed by atoms with E-state index < -0.39 is 0 Å². The molecule has 156 valence electrons. The molecule has 7 nitrogen and oxygen atoms in total. The Morgan fingerprint density at radius 1 is 1.17 bits per heavy atom. The van der Waals surface area contributed by atoms with Crippen LogP contribution >= 0.6 is 24.0 Å². The molecule has 2 aromatic rings. The Hall–Kier alpha value is -2.23. The van der Waals surface area contributed by atoms with Gasteiger partial charge in [-0.05, 0) is 31.1 Å². The van der Waals surface area contributed by atoms with Gasteiger partial charge in [-0.15, -0.1) is 0 Å². The van der Waals surface area contributed by atoms with Crippen molar-refractivity contribution < 1.29 is 9.53 Å². The number of aromatic nitrogens is 2. The predicted octanol–water partition coefficient (Wildman–Crippen LogP) is 2.67. The van der Waals surface area contributed by atoms with E-state index in [1.54, 1.807) is 23.2 Å². The van der Waals surface area contributed by atoms with Crippen LogP contribution in [0.3, 0.4) is 0 Å². The second-order valence-electron chi connectivity index (χ2n) is 7.67. The summed E-state index contributed by atoms with van der Waals surface area (Å²) in [4.78, 5) is 35.6. The molecule has 0 spiro atoms. The molecule has 1 amide bonds. The Bertz CT molecular complexity index is 1100. The topological polar surface area (TPSA) is 67.2 Å². The minimum atomic E-state index is -0.187. The number of amides is 1. The smallest absolute Gasteiger partial charge is 0.267 e. The number of carbonyl (C=O) groups is 1. The fourth-order valence-corrected chi connectivity index (χ4v) is 5.70. The number of thioether (sulfide) groups is 1. The minimum Gasteiger partial charge on any atom is -0.378 e. The van der Waals surface area contributed by atoms with Gasteiger partial charge in [-0.3, -0.25) is 18.9 Å². The molecule has 0 atom stereocenters. The van der Waals surface area contributed by atoms with Crippen LogP contribution in [0.4, 0.5) is 5.82 Å². The van der Waals surface area contributed by atoms with E-state index in [1.807, 2.05) is 12.1 Å². The average Bonchev–Trinajstić information content (AvgIpc) is 3.38. The van der Waals surface area contributed by atoms with Gasteiger partial charge in [0.15, 0.2) is 0 Å². The lowest BCUT2D eigenvalue weighted by Gasteiger charge is -2.29. The molecule has 3 fully saturated rings. The van der Waals surface area contributed by atoms with Crippen LogP contribution in [0.2, 0.25) is 0 Å². The molecule has 30 heavy (non-hydrogen) atoms. The van der Waals surface area contributed by atoms with Crippen LogP contribution in [-0.4, -0.2) is 56.9 Å². The Balaban J connectivity index is 1.61. The molecule has 9 heteroatoms. The third-order valence-electron chi connectivity index (χ3n) is 5.85. The van der Waals surface area contributed by atoms with Gasteiger partial charge in [0.2, 0.25) is 0 Å². The third-order valence-corrected chi connectivity index (χ3v) is 7.18. The normalized spacial score (nSPS) is 22.1. The highest BCUT2D eigenvalue weighted by Gasteiger charge is 2.38. The SMILES string of the molecule is O=C1C(=Cc2c(N3CCOCC3)nc3ccccn3c2=O)SC(=S)N1C1CCCC1. The van der Waals surface area contributed by atoms with Crippen LogP contribution < -0.4 is 10.5 Å². The van der Waals surface area contributed by atoms with E-state index >= 15 is 0 Å². The lowest BCUT2D eigenvalue weighted by molar-refractivity contribution is -0.123. The zero-order valence-electron chi connectivity index (χ0n) is 16.5. The monoisotopic (exact) mass is 442 g/mol. The van der Waals surface area contributed by atoms with Crippen molar-refractivity contribution in [2.24, 2.45) is 0 Å². The predicted molar refractivity (Wildman–Crippen MR) is 122 cm³/mol. The van der Waals surface area contributed by atoms with Crippen molar-refractivity contribution in [2.45, 2.75) is 31.7 Å². The number of carbonyl (C=O) groups excluding carboxylic acids is 1. The van der Waals surface area contributed by atoms with Crippen molar-refractivity contribution in [3.05, 3.63) is 45.2 Å². The first-order chi connectivity index (χ1) is 14.6. The van der Waals surface area contributed by atoms with E-state index in [2.05, 4.69) is 4.90 Å². The standard InChI is InChI=1S/C21H22N4O3S2/c26-19-15(13-16-20(27)25(21(29)30-16)14-5-1-2-6-14)18(23-9-11-28-12-10-23)22-17-7-3-4-8-24(17)19/h3-4,7-8,13-14H,1-2,5-6,9-12H2. The van der Waals surface area contributed by atoms with Gasteiger partial charge in [-0.2, -0.15) is 0 Å². The zero-order chi connectivity index (χ0) is 20.7. The highest BCUT2D eigenvalue weighted by Crippen LogP contribution is 2.38. The highest BCUT2D eigenvalue weighted by atomic mass is 32.2. The Morgan fingerprint density at radius 3 is 2.70 bits per heavy atom. The van der Waals surface area contributed by atoms with Gasteiger partial charge < -0.3 is 9.64 Å². The van der Waals surface area contributed by atoms with Crippen molar-refractivity contribution >= 4 is 51.7 Å². The second-order valence-corrected chi connectivity index (χ2v) is 9.35. The third kappa shape index (κ3) is 3.44. The van der Waals surface area contributed by atoms with Crippen molar-refractivity contribution in [3.63, 3.8) is 0 Å². The number of hydrogen-bond acceptors (Lipinski definition) is 7. The number of nitrogens with zero attached hydrogens (tertiary/aromatic N) is 4. The molecule has 2 saturated heterocycles. The molecular weight excluding hydrogens is 420 g/mol. The Kier molecular flexibility index (Phi) is 5.34. The van der Waals surface area contributed by atoms with E-state index in [1.165, 1.54) is 16.2 Å².